The Bertz CT molecular complexity index is 700. The first-order valence-electron chi connectivity index (χ1n) is 6.25. The fraction of sp³-hybridized carbons (Fsp3) is 0.200. The van der Waals surface area contributed by atoms with Crippen LogP contribution in [0.15, 0.2) is 34.9 Å². The smallest absolute Gasteiger partial charge is 0.271 e. The van der Waals surface area contributed by atoms with E-state index in [0.29, 0.717) is 11.6 Å². The molecule has 0 aliphatic carbocycles. The van der Waals surface area contributed by atoms with Gasteiger partial charge < -0.3 is 10.1 Å². The van der Waals surface area contributed by atoms with E-state index in [4.69, 9.17) is 4.74 Å². The summed E-state index contributed by atoms with van der Waals surface area (Å²) in [6, 6.07) is 7.76. The average molecular weight is 333 g/mol. The van der Waals surface area contributed by atoms with Crippen molar-refractivity contribution in [1.82, 2.24) is 4.98 Å². The van der Waals surface area contributed by atoms with E-state index >= 15 is 0 Å². The molecule has 1 aromatic carbocycles. The number of amides is 1. The van der Waals surface area contributed by atoms with Crippen LogP contribution in [0.3, 0.4) is 0 Å². The van der Waals surface area contributed by atoms with Crippen LogP contribution in [-0.4, -0.2) is 10.9 Å². The van der Waals surface area contributed by atoms with Gasteiger partial charge in [0.05, 0.1) is 0 Å². The molecule has 2 heterocycles. The highest BCUT2D eigenvalue weighted by Crippen LogP contribution is 2.35. The lowest BCUT2D eigenvalue weighted by Crippen LogP contribution is -2.31. The molecule has 1 amide bonds. The summed E-state index contributed by atoms with van der Waals surface area (Å²) in [7, 11) is 0. The van der Waals surface area contributed by atoms with Gasteiger partial charge in [0.15, 0.2) is 11.6 Å². The van der Waals surface area contributed by atoms with Crippen LogP contribution in [0, 0.1) is 13.8 Å². The molecular weight excluding hydrogens is 320 g/mol. The third-order valence-electron chi connectivity index (χ3n) is 3.25. The summed E-state index contributed by atoms with van der Waals surface area (Å²) >= 11 is 3.35. The number of anilines is 1. The lowest BCUT2D eigenvalue weighted by Gasteiger charge is -2.26. The minimum absolute atomic E-state index is 0.195. The molecule has 2 aromatic rings. The maximum atomic E-state index is 12.2. The molecule has 1 aromatic heterocycles. The number of pyridine rings is 1. The van der Waals surface area contributed by atoms with Gasteiger partial charge in [0.25, 0.3) is 5.91 Å². The second-order valence-corrected chi connectivity index (χ2v) is 5.76. The van der Waals surface area contributed by atoms with Crippen molar-refractivity contribution in [2.45, 2.75) is 20.0 Å². The number of nitrogens with zero attached hydrogens (tertiary/aromatic N) is 1. The highest BCUT2D eigenvalue weighted by atomic mass is 79.9. The number of benzene rings is 1. The first kappa shape index (κ1) is 13.1. The Morgan fingerprint density at radius 3 is 2.85 bits per heavy atom. The maximum absolute atomic E-state index is 12.2. The second kappa shape index (κ2) is 4.90. The molecule has 20 heavy (non-hydrogen) atoms. The van der Waals surface area contributed by atoms with Gasteiger partial charge in [0.2, 0.25) is 6.10 Å². The molecular formula is C15H13BrN2O2. The van der Waals surface area contributed by atoms with Gasteiger partial charge in [-0.1, -0.05) is 23.8 Å². The minimum atomic E-state index is -0.640. The van der Waals surface area contributed by atoms with Crippen LogP contribution < -0.4 is 10.1 Å². The molecule has 0 saturated heterocycles. The van der Waals surface area contributed by atoms with E-state index in [0.717, 1.165) is 21.2 Å². The zero-order chi connectivity index (χ0) is 14.3. The Hall–Kier alpha value is -1.88. The van der Waals surface area contributed by atoms with E-state index in [1.807, 2.05) is 32.0 Å². The van der Waals surface area contributed by atoms with E-state index in [1.165, 1.54) is 0 Å². The standard InChI is InChI=1S/C15H13BrN2O2/c1-8-3-4-11(9(2)5-8)13-15(19)18-14-12(20-13)6-10(16)7-17-14/h3-7,13H,1-2H3,(H,17,18,19). The summed E-state index contributed by atoms with van der Waals surface area (Å²) in [5.74, 6) is 0.836. The molecule has 0 spiro atoms. The summed E-state index contributed by atoms with van der Waals surface area (Å²) in [4.78, 5) is 16.3. The van der Waals surface area contributed by atoms with Crippen molar-refractivity contribution in [2.75, 3.05) is 5.32 Å². The minimum Gasteiger partial charge on any atom is -0.472 e. The van der Waals surface area contributed by atoms with Crippen molar-refractivity contribution < 1.29 is 9.53 Å². The van der Waals surface area contributed by atoms with E-state index < -0.39 is 6.10 Å². The topological polar surface area (TPSA) is 51.2 Å². The number of carbonyl (C=O) groups excluding carboxylic acids is 1. The van der Waals surface area contributed by atoms with Crippen LogP contribution in [0.5, 0.6) is 5.75 Å². The highest BCUT2D eigenvalue weighted by Gasteiger charge is 2.31. The molecule has 0 bridgehead atoms. The van der Waals surface area contributed by atoms with Crippen molar-refractivity contribution in [3.63, 3.8) is 0 Å². The van der Waals surface area contributed by atoms with Gasteiger partial charge >= 0.3 is 0 Å². The van der Waals surface area contributed by atoms with Gasteiger partial charge in [-0.3, -0.25) is 4.79 Å². The van der Waals surface area contributed by atoms with Crippen LogP contribution in [0.25, 0.3) is 0 Å². The number of rotatable bonds is 1. The number of fused-ring (bicyclic) bond motifs is 1. The molecule has 102 valence electrons. The molecule has 5 heteroatoms. The van der Waals surface area contributed by atoms with E-state index in [9.17, 15) is 4.79 Å². The second-order valence-electron chi connectivity index (χ2n) is 4.85. The predicted octanol–water partition coefficient (Wildman–Crippen LogP) is 3.53. The Morgan fingerprint density at radius 1 is 1.30 bits per heavy atom. The van der Waals surface area contributed by atoms with Crippen LogP contribution in [0.2, 0.25) is 0 Å². The first-order chi connectivity index (χ1) is 9.54. The summed E-state index contributed by atoms with van der Waals surface area (Å²) in [6.45, 7) is 4.00. The number of nitrogens with one attached hydrogen (secondary N) is 1. The third-order valence-corrected chi connectivity index (χ3v) is 3.69. The SMILES string of the molecule is Cc1ccc(C2Oc3cc(Br)cnc3NC2=O)c(C)c1. The molecule has 0 radical (unpaired) electrons. The fourth-order valence-electron chi connectivity index (χ4n) is 2.29. The average Bonchev–Trinajstić information content (AvgIpc) is 2.39. The molecule has 1 aliphatic rings. The molecule has 1 aliphatic heterocycles. The lowest BCUT2D eigenvalue weighted by molar-refractivity contribution is -0.123. The van der Waals surface area contributed by atoms with Crippen LogP contribution in [-0.2, 0) is 4.79 Å². The fourth-order valence-corrected chi connectivity index (χ4v) is 2.60. The number of hydrogen-bond donors (Lipinski definition) is 1. The molecule has 1 atom stereocenters. The van der Waals surface area contributed by atoms with Gasteiger partial charge in [-0.2, -0.15) is 0 Å². The van der Waals surface area contributed by atoms with Crippen molar-refractivity contribution in [2.24, 2.45) is 0 Å². The first-order valence-corrected chi connectivity index (χ1v) is 7.04. The Labute approximate surface area is 125 Å². The quantitative estimate of drug-likeness (QED) is 0.869. The van der Waals surface area contributed by atoms with Gasteiger partial charge in [-0.25, -0.2) is 4.98 Å². The molecule has 1 unspecified atom stereocenters. The van der Waals surface area contributed by atoms with Crippen LogP contribution in [0.4, 0.5) is 5.82 Å². The van der Waals surface area contributed by atoms with Gasteiger partial charge in [-0.15, -0.1) is 0 Å². The number of aryl methyl sites for hydroxylation is 2. The Morgan fingerprint density at radius 2 is 2.10 bits per heavy atom. The number of ether oxygens (including phenoxy) is 1. The Balaban J connectivity index is 2.01. The van der Waals surface area contributed by atoms with E-state index in [-0.39, 0.29) is 5.91 Å². The zero-order valence-electron chi connectivity index (χ0n) is 11.1. The summed E-state index contributed by atoms with van der Waals surface area (Å²) in [5, 5.41) is 2.78. The summed E-state index contributed by atoms with van der Waals surface area (Å²) in [5.41, 5.74) is 3.07. The Kier molecular flexibility index (Phi) is 3.22. The molecule has 1 N–H and O–H groups in total. The van der Waals surface area contributed by atoms with E-state index in [1.54, 1.807) is 12.3 Å². The molecule has 0 saturated carbocycles. The lowest BCUT2D eigenvalue weighted by atomic mass is 10.00. The van der Waals surface area contributed by atoms with Crippen molar-refractivity contribution in [1.29, 1.82) is 0 Å². The monoisotopic (exact) mass is 332 g/mol. The number of aromatic nitrogens is 1. The number of carbonyl (C=O) groups is 1. The number of hydrogen-bond acceptors (Lipinski definition) is 3. The van der Waals surface area contributed by atoms with Crippen molar-refractivity contribution in [3.05, 3.63) is 51.6 Å². The molecule has 0 fully saturated rings. The molecule has 4 nitrogen and oxygen atoms in total. The largest absolute Gasteiger partial charge is 0.472 e. The maximum Gasteiger partial charge on any atom is 0.271 e. The van der Waals surface area contributed by atoms with Crippen LogP contribution in [0.1, 0.15) is 22.8 Å². The van der Waals surface area contributed by atoms with Crippen LogP contribution >= 0.6 is 15.9 Å². The van der Waals surface area contributed by atoms with E-state index in [2.05, 4.69) is 26.2 Å². The normalized spacial score (nSPS) is 17.1. The third kappa shape index (κ3) is 2.29. The van der Waals surface area contributed by atoms with Gasteiger partial charge in [0, 0.05) is 16.2 Å². The molecule has 3 rings (SSSR count). The van der Waals surface area contributed by atoms with Gasteiger partial charge in [-0.05, 0) is 41.4 Å². The van der Waals surface area contributed by atoms with Gasteiger partial charge in [0.1, 0.15) is 0 Å². The van der Waals surface area contributed by atoms with Crippen molar-refractivity contribution >= 4 is 27.7 Å². The zero-order valence-corrected chi connectivity index (χ0v) is 12.7. The number of halogens is 1. The summed E-state index contributed by atoms with van der Waals surface area (Å²) < 4.78 is 6.64. The predicted molar refractivity (Wildman–Crippen MR) is 79.9 cm³/mol. The van der Waals surface area contributed by atoms with Crippen molar-refractivity contribution in [3.8, 4) is 5.75 Å². The highest BCUT2D eigenvalue weighted by molar-refractivity contribution is 9.10. The summed E-state index contributed by atoms with van der Waals surface area (Å²) in [6.07, 6.45) is 0.985.